The molecule has 0 aromatic heterocycles. The van der Waals surface area contributed by atoms with Gasteiger partial charge in [-0.1, -0.05) is 17.3 Å². The monoisotopic (exact) mass is 411 g/mol. The van der Waals surface area contributed by atoms with E-state index < -0.39 is 28.8 Å². The van der Waals surface area contributed by atoms with Gasteiger partial charge in [0.25, 0.3) is 11.6 Å². The molecular weight excluding hydrogens is 394 g/mol. The first-order valence-corrected chi connectivity index (χ1v) is 8.97. The molecule has 154 valence electrons. The fourth-order valence-corrected chi connectivity index (χ4v) is 3.78. The number of nitro benzene ring substituents is 1. The van der Waals surface area contributed by atoms with Crippen LogP contribution in [0, 0.1) is 23.0 Å². The van der Waals surface area contributed by atoms with Crippen LogP contribution in [0.15, 0.2) is 41.6 Å². The Kier molecular flexibility index (Phi) is 4.61. The number of imide groups is 1. The van der Waals surface area contributed by atoms with E-state index in [1.54, 1.807) is 18.2 Å². The molecule has 10 heteroatoms. The van der Waals surface area contributed by atoms with Gasteiger partial charge in [-0.15, -0.1) is 0 Å². The number of fused-ring (bicyclic) bond motifs is 1. The van der Waals surface area contributed by atoms with Crippen LogP contribution in [0.2, 0.25) is 0 Å². The number of nitrogens with zero attached hydrogens (tertiary/aromatic N) is 3. The third-order valence-corrected chi connectivity index (χ3v) is 5.21. The second-order valence-electron chi connectivity index (χ2n) is 6.71. The van der Waals surface area contributed by atoms with Crippen LogP contribution in [-0.2, 0) is 14.4 Å². The lowest BCUT2D eigenvalue weighted by Gasteiger charge is -2.18. The average Bonchev–Trinajstić information content (AvgIpc) is 3.27. The van der Waals surface area contributed by atoms with Crippen molar-refractivity contribution in [2.45, 2.75) is 13.0 Å². The molecule has 30 heavy (non-hydrogen) atoms. The van der Waals surface area contributed by atoms with Gasteiger partial charge in [0.15, 0.2) is 11.5 Å². The highest BCUT2D eigenvalue weighted by atomic mass is 16.7. The molecule has 2 amide bonds. The van der Waals surface area contributed by atoms with Crippen molar-refractivity contribution in [3.05, 3.63) is 57.6 Å². The summed E-state index contributed by atoms with van der Waals surface area (Å²) in [4.78, 5) is 43.2. The van der Waals surface area contributed by atoms with Gasteiger partial charge >= 0.3 is 0 Å². The Bertz CT molecular complexity index is 1110. The number of carbonyl (C=O) groups excluding carboxylic acids is 2. The van der Waals surface area contributed by atoms with Crippen LogP contribution >= 0.6 is 0 Å². The SMILES string of the molecule is COc1cccc(C2=NO[C@@H]3C(=O)N(c4cccc([N+](=O)[O-])c4C)C(=O)[C@H]23)c1OC. The van der Waals surface area contributed by atoms with Gasteiger partial charge < -0.3 is 14.3 Å². The Morgan fingerprint density at radius 1 is 1.10 bits per heavy atom. The van der Waals surface area contributed by atoms with E-state index in [0.717, 1.165) is 4.90 Å². The molecule has 4 rings (SSSR count). The zero-order valence-corrected chi connectivity index (χ0v) is 16.3. The lowest BCUT2D eigenvalue weighted by molar-refractivity contribution is -0.385. The van der Waals surface area contributed by atoms with Gasteiger partial charge in [0, 0.05) is 11.6 Å². The lowest BCUT2D eigenvalue weighted by atomic mass is 9.93. The van der Waals surface area contributed by atoms with Crippen LogP contribution in [-0.4, -0.2) is 42.8 Å². The summed E-state index contributed by atoms with van der Waals surface area (Å²) in [7, 11) is 2.93. The zero-order chi connectivity index (χ0) is 21.6. The number of rotatable bonds is 5. The van der Waals surface area contributed by atoms with E-state index in [-0.39, 0.29) is 22.6 Å². The molecule has 0 spiro atoms. The van der Waals surface area contributed by atoms with Gasteiger partial charge in [0.05, 0.1) is 30.4 Å². The predicted octanol–water partition coefficient (Wildman–Crippen LogP) is 2.21. The Balaban J connectivity index is 1.77. The third kappa shape index (κ3) is 2.68. The van der Waals surface area contributed by atoms with E-state index in [2.05, 4.69) is 5.16 Å². The summed E-state index contributed by atoms with van der Waals surface area (Å²) < 4.78 is 10.7. The van der Waals surface area contributed by atoms with Gasteiger partial charge in [-0.25, -0.2) is 4.90 Å². The van der Waals surface area contributed by atoms with Crippen LogP contribution in [0.5, 0.6) is 11.5 Å². The highest BCUT2D eigenvalue weighted by molar-refractivity contribution is 6.33. The average molecular weight is 411 g/mol. The van der Waals surface area contributed by atoms with E-state index in [9.17, 15) is 19.7 Å². The minimum Gasteiger partial charge on any atom is -0.493 e. The number of nitro groups is 1. The largest absolute Gasteiger partial charge is 0.493 e. The van der Waals surface area contributed by atoms with Crippen LogP contribution < -0.4 is 14.4 Å². The third-order valence-electron chi connectivity index (χ3n) is 5.21. The highest BCUT2D eigenvalue weighted by Crippen LogP contribution is 2.41. The molecule has 2 aromatic rings. The first kappa shape index (κ1) is 19.4. The maximum atomic E-state index is 13.3. The highest BCUT2D eigenvalue weighted by Gasteiger charge is 2.57. The fourth-order valence-electron chi connectivity index (χ4n) is 3.78. The van der Waals surface area contributed by atoms with Crippen molar-refractivity contribution < 1.29 is 28.8 Å². The standard InChI is InChI=1S/C20H17N3O7/c1-10-12(7-5-8-13(10)23(26)27)22-19(24)15-16(21-30-18(15)20(22)25)11-6-4-9-14(28-2)17(11)29-3/h4-9,15,18H,1-3H3/t15-,18+/m1/s1. The zero-order valence-electron chi connectivity index (χ0n) is 16.3. The Morgan fingerprint density at radius 3 is 2.50 bits per heavy atom. The normalized spacial score (nSPS) is 20.0. The molecule has 0 saturated carbocycles. The number of amides is 2. The summed E-state index contributed by atoms with van der Waals surface area (Å²) in [6.45, 7) is 1.49. The summed E-state index contributed by atoms with van der Waals surface area (Å²) in [6, 6.07) is 9.31. The minimum atomic E-state index is -1.15. The summed E-state index contributed by atoms with van der Waals surface area (Å²) in [6.07, 6.45) is -1.15. The van der Waals surface area contributed by atoms with Gasteiger partial charge in [-0.05, 0) is 25.1 Å². The molecule has 2 aromatic carbocycles. The molecule has 10 nitrogen and oxygen atoms in total. The first-order valence-electron chi connectivity index (χ1n) is 8.97. The van der Waals surface area contributed by atoms with E-state index in [1.807, 2.05) is 0 Å². The first-order chi connectivity index (χ1) is 14.4. The molecule has 0 aliphatic carbocycles. The van der Waals surface area contributed by atoms with Crippen molar-refractivity contribution in [2.24, 2.45) is 11.1 Å². The Labute approximate surface area is 170 Å². The number of para-hydroxylation sites is 1. The molecule has 0 N–H and O–H groups in total. The number of methoxy groups -OCH3 is 2. The van der Waals surface area contributed by atoms with Crippen molar-refractivity contribution in [3.63, 3.8) is 0 Å². The van der Waals surface area contributed by atoms with Crippen molar-refractivity contribution in [2.75, 3.05) is 19.1 Å². The number of benzene rings is 2. The van der Waals surface area contributed by atoms with E-state index in [0.29, 0.717) is 17.1 Å². The molecule has 1 saturated heterocycles. The molecule has 2 aliphatic rings. The maximum Gasteiger partial charge on any atom is 0.278 e. The number of oxime groups is 1. The summed E-state index contributed by atoms with van der Waals surface area (Å²) in [5, 5.41) is 15.2. The maximum absolute atomic E-state index is 13.3. The lowest BCUT2D eigenvalue weighted by Crippen LogP contribution is -2.33. The molecule has 2 atom stereocenters. The summed E-state index contributed by atoms with van der Waals surface area (Å²) in [5.41, 5.74) is 0.869. The number of hydrogen-bond acceptors (Lipinski definition) is 8. The minimum absolute atomic E-state index is 0.147. The van der Waals surface area contributed by atoms with Gasteiger partial charge in [0.1, 0.15) is 11.6 Å². The number of anilines is 1. The fraction of sp³-hybridized carbons (Fsp3) is 0.250. The predicted molar refractivity (Wildman–Crippen MR) is 105 cm³/mol. The topological polar surface area (TPSA) is 121 Å². The molecular formula is C20H17N3O7. The number of carbonyl (C=O) groups is 2. The Hall–Kier alpha value is -3.95. The van der Waals surface area contributed by atoms with E-state index >= 15 is 0 Å². The van der Waals surface area contributed by atoms with Crippen molar-refractivity contribution in [1.29, 1.82) is 0 Å². The van der Waals surface area contributed by atoms with Crippen molar-refractivity contribution in [3.8, 4) is 11.5 Å². The summed E-state index contributed by atoms with van der Waals surface area (Å²) in [5.74, 6) is -1.42. The van der Waals surface area contributed by atoms with Gasteiger partial charge in [-0.3, -0.25) is 19.7 Å². The van der Waals surface area contributed by atoms with Crippen LogP contribution in [0.3, 0.4) is 0 Å². The van der Waals surface area contributed by atoms with Crippen LogP contribution in [0.4, 0.5) is 11.4 Å². The number of hydrogen-bond donors (Lipinski definition) is 0. The van der Waals surface area contributed by atoms with Crippen LogP contribution in [0.25, 0.3) is 0 Å². The molecule has 2 aliphatic heterocycles. The molecule has 0 bridgehead atoms. The second-order valence-corrected chi connectivity index (χ2v) is 6.71. The smallest absolute Gasteiger partial charge is 0.278 e. The van der Waals surface area contributed by atoms with E-state index in [4.69, 9.17) is 14.3 Å². The quantitative estimate of drug-likeness (QED) is 0.420. The number of ether oxygens (including phenoxy) is 2. The second kappa shape index (κ2) is 7.14. The van der Waals surface area contributed by atoms with Crippen molar-refractivity contribution in [1.82, 2.24) is 0 Å². The van der Waals surface area contributed by atoms with Crippen LogP contribution in [0.1, 0.15) is 11.1 Å². The van der Waals surface area contributed by atoms with Gasteiger partial charge in [-0.2, -0.15) is 0 Å². The molecule has 0 unspecified atom stereocenters. The van der Waals surface area contributed by atoms with Gasteiger partial charge in [0.2, 0.25) is 12.0 Å². The Morgan fingerprint density at radius 2 is 1.83 bits per heavy atom. The van der Waals surface area contributed by atoms with E-state index in [1.165, 1.54) is 39.3 Å². The molecule has 1 fully saturated rings. The summed E-state index contributed by atoms with van der Waals surface area (Å²) >= 11 is 0. The molecule has 0 radical (unpaired) electrons. The molecule has 2 heterocycles. The van der Waals surface area contributed by atoms with Crippen molar-refractivity contribution >= 4 is 28.9 Å².